The van der Waals surface area contributed by atoms with E-state index in [1.54, 1.807) is 0 Å². The Kier molecular flexibility index (Phi) is 10.3. The van der Waals surface area contributed by atoms with E-state index in [0.717, 1.165) is 36.8 Å². The van der Waals surface area contributed by atoms with Crippen molar-refractivity contribution in [3.8, 4) is 0 Å². The molecule has 6 atom stereocenters. The number of esters is 2. The average Bonchev–Trinajstić information content (AvgIpc) is 3.32. The number of hydrogen-bond donors (Lipinski definition) is 2. The second-order valence-corrected chi connectivity index (χ2v) is 12.5. The molecule has 0 spiro atoms. The molecule has 4 aliphatic rings. The van der Waals surface area contributed by atoms with Crippen LogP contribution in [0.25, 0.3) is 0 Å². The van der Waals surface area contributed by atoms with Crippen molar-refractivity contribution in [3.05, 3.63) is 71.8 Å². The Morgan fingerprint density at radius 3 is 1.24 bits per heavy atom. The number of hydrogen-bond acceptors (Lipinski definition) is 8. The summed E-state index contributed by atoms with van der Waals surface area (Å²) in [7, 11) is 4.34. The molecule has 0 saturated carbocycles. The van der Waals surface area contributed by atoms with Crippen molar-refractivity contribution in [2.45, 2.75) is 99.6 Å². The van der Waals surface area contributed by atoms with Crippen molar-refractivity contribution in [2.24, 2.45) is 0 Å². The van der Waals surface area contributed by atoms with Gasteiger partial charge in [-0.3, -0.25) is 9.59 Å². The van der Waals surface area contributed by atoms with Gasteiger partial charge in [0, 0.05) is 24.2 Å². The molecule has 2 aromatic carbocycles. The number of benzene rings is 2. The van der Waals surface area contributed by atoms with E-state index in [9.17, 15) is 19.8 Å². The molecule has 4 saturated heterocycles. The average molecular weight is 579 g/mol. The molecule has 2 aromatic rings. The molecular formula is C34H46N2O6. The number of ether oxygens (including phenoxy) is 2. The van der Waals surface area contributed by atoms with E-state index in [2.05, 4.69) is 23.9 Å². The summed E-state index contributed by atoms with van der Waals surface area (Å²) in [6.07, 6.45) is 8.52. The molecule has 2 N–H and O–H groups in total. The molecule has 8 heteroatoms. The molecule has 42 heavy (non-hydrogen) atoms. The number of piperidine rings is 2. The van der Waals surface area contributed by atoms with Crippen molar-refractivity contribution in [1.29, 1.82) is 0 Å². The summed E-state index contributed by atoms with van der Waals surface area (Å²) >= 11 is 0. The number of fused-ring (bicyclic) bond motifs is 4. The molecule has 4 fully saturated rings. The highest BCUT2D eigenvalue weighted by atomic mass is 16.5. The van der Waals surface area contributed by atoms with E-state index in [4.69, 9.17) is 9.47 Å². The van der Waals surface area contributed by atoms with Gasteiger partial charge in [0.2, 0.25) is 0 Å². The summed E-state index contributed by atoms with van der Waals surface area (Å²) in [4.78, 5) is 29.6. The lowest BCUT2D eigenvalue weighted by Gasteiger charge is -2.36. The number of carbonyl (C=O) groups excluding carboxylic acids is 2. The van der Waals surface area contributed by atoms with Gasteiger partial charge < -0.3 is 29.5 Å². The summed E-state index contributed by atoms with van der Waals surface area (Å²) in [5, 5.41) is 19.1. The summed E-state index contributed by atoms with van der Waals surface area (Å²) in [6.45, 7) is -0.412. The van der Waals surface area contributed by atoms with Crippen LogP contribution in [0.3, 0.4) is 0 Å². The molecule has 8 nitrogen and oxygen atoms in total. The second-order valence-electron chi connectivity index (χ2n) is 12.5. The number of aliphatic hydroxyl groups is 2. The fraction of sp³-hybridized carbons (Fsp3) is 0.588. The maximum atomic E-state index is 12.4. The van der Waals surface area contributed by atoms with Gasteiger partial charge in [0.25, 0.3) is 0 Å². The Morgan fingerprint density at radius 2 is 0.952 bits per heavy atom. The predicted molar refractivity (Wildman–Crippen MR) is 160 cm³/mol. The molecule has 4 bridgehead atoms. The molecule has 0 radical (unpaired) electrons. The third-order valence-electron chi connectivity index (χ3n) is 10.0. The Balaban J connectivity index is 0.000000168. The fourth-order valence-electron chi connectivity index (χ4n) is 7.41. The molecule has 2 unspecified atom stereocenters. The van der Waals surface area contributed by atoms with Crippen LogP contribution in [0.2, 0.25) is 0 Å². The number of rotatable bonds is 8. The minimum absolute atomic E-state index is 0.00367. The smallest absolute Gasteiger partial charge is 0.316 e. The normalized spacial score (nSPS) is 30.1. The van der Waals surface area contributed by atoms with Gasteiger partial charge in [0.15, 0.2) is 0 Å². The third-order valence-corrected chi connectivity index (χ3v) is 10.0. The van der Waals surface area contributed by atoms with Gasteiger partial charge in [-0.1, -0.05) is 60.7 Å². The lowest BCUT2D eigenvalue weighted by molar-refractivity contribution is -0.156. The van der Waals surface area contributed by atoms with Crippen molar-refractivity contribution in [3.63, 3.8) is 0 Å². The Morgan fingerprint density at radius 1 is 0.643 bits per heavy atom. The molecule has 0 amide bonds. The zero-order valence-corrected chi connectivity index (χ0v) is 24.9. The summed E-state index contributed by atoms with van der Waals surface area (Å²) in [6, 6.07) is 20.9. The largest absolute Gasteiger partial charge is 0.462 e. The van der Waals surface area contributed by atoms with Crippen LogP contribution < -0.4 is 0 Å². The standard InChI is InChI=1S/2C17H23NO3/c2*1-18-13-7-8-14(18)10-15(9-13)21-17(20)16(11-19)12-5-3-2-4-6-12/h2*2-6,13-16,19H,7-11H2,1H3/t2*13-,14-,16?/m11/s1. The van der Waals surface area contributed by atoms with Crippen LogP contribution >= 0.6 is 0 Å². The van der Waals surface area contributed by atoms with Crippen LogP contribution in [0, 0.1) is 0 Å². The molecular weight excluding hydrogens is 532 g/mol. The lowest BCUT2D eigenvalue weighted by Crippen LogP contribution is -2.43. The molecule has 4 aliphatic heterocycles. The molecule has 4 heterocycles. The molecule has 0 aliphatic carbocycles. The maximum Gasteiger partial charge on any atom is 0.316 e. The fourth-order valence-corrected chi connectivity index (χ4v) is 7.41. The van der Waals surface area contributed by atoms with Crippen molar-refractivity contribution < 1.29 is 29.3 Å². The van der Waals surface area contributed by atoms with Gasteiger partial charge in [0.05, 0.1) is 13.2 Å². The van der Waals surface area contributed by atoms with Crippen LogP contribution in [0.4, 0.5) is 0 Å². The Bertz CT molecular complexity index is 1040. The molecule has 228 valence electrons. The van der Waals surface area contributed by atoms with E-state index in [1.165, 1.54) is 25.7 Å². The van der Waals surface area contributed by atoms with E-state index in [-0.39, 0.29) is 37.4 Å². The Hall–Kier alpha value is -2.78. The summed E-state index contributed by atoms with van der Waals surface area (Å²) < 4.78 is 11.4. The highest BCUT2D eigenvalue weighted by Crippen LogP contribution is 2.37. The van der Waals surface area contributed by atoms with Crippen molar-refractivity contribution in [2.75, 3.05) is 27.3 Å². The monoisotopic (exact) mass is 578 g/mol. The zero-order valence-electron chi connectivity index (χ0n) is 24.9. The van der Waals surface area contributed by atoms with Gasteiger partial charge in [-0.05, 0) is 76.6 Å². The van der Waals surface area contributed by atoms with Gasteiger partial charge in [-0.2, -0.15) is 0 Å². The van der Waals surface area contributed by atoms with Crippen molar-refractivity contribution >= 4 is 11.9 Å². The van der Waals surface area contributed by atoms with Crippen molar-refractivity contribution in [1.82, 2.24) is 9.80 Å². The van der Waals surface area contributed by atoms with Crippen LogP contribution in [0.1, 0.15) is 74.3 Å². The number of nitrogens with zero attached hydrogens (tertiary/aromatic N) is 2. The number of carbonyl (C=O) groups is 2. The van der Waals surface area contributed by atoms with E-state index in [1.807, 2.05) is 60.7 Å². The first-order valence-electron chi connectivity index (χ1n) is 15.5. The van der Waals surface area contributed by atoms with E-state index in [0.29, 0.717) is 24.2 Å². The zero-order chi connectivity index (χ0) is 29.6. The van der Waals surface area contributed by atoms with Gasteiger partial charge in [-0.15, -0.1) is 0 Å². The number of aliphatic hydroxyl groups excluding tert-OH is 2. The van der Waals surface area contributed by atoms with Gasteiger partial charge in [-0.25, -0.2) is 0 Å². The van der Waals surface area contributed by atoms with E-state index < -0.39 is 11.8 Å². The minimum Gasteiger partial charge on any atom is -0.462 e. The highest BCUT2D eigenvalue weighted by molar-refractivity contribution is 5.79. The van der Waals surface area contributed by atoms with Crippen LogP contribution in [0.5, 0.6) is 0 Å². The first-order chi connectivity index (χ1) is 20.4. The maximum absolute atomic E-state index is 12.4. The summed E-state index contributed by atoms with van der Waals surface area (Å²) in [5.41, 5.74) is 1.64. The third kappa shape index (κ3) is 7.05. The quantitative estimate of drug-likeness (QED) is 0.456. The first-order valence-corrected chi connectivity index (χ1v) is 15.5. The minimum atomic E-state index is -0.566. The second kappa shape index (κ2) is 14.1. The summed E-state index contributed by atoms with van der Waals surface area (Å²) in [5.74, 6) is -1.72. The van der Waals surface area contributed by atoms with Gasteiger partial charge >= 0.3 is 11.9 Å². The lowest BCUT2D eigenvalue weighted by atomic mass is 9.98. The molecule has 6 rings (SSSR count). The first kappa shape index (κ1) is 30.7. The SMILES string of the molecule is CN1[C@@H]2CC[C@@H]1CC(OC(=O)C(CO)c1ccccc1)C2.CN1[C@@H]2CC[C@@H]1CC(OC(=O)C(CO)c1ccccc1)C2. The van der Waals surface area contributed by atoms with Crippen LogP contribution in [-0.2, 0) is 19.1 Å². The molecule has 0 aromatic heterocycles. The topological polar surface area (TPSA) is 99.5 Å². The Labute approximate surface area is 249 Å². The highest BCUT2D eigenvalue weighted by Gasteiger charge is 2.41. The van der Waals surface area contributed by atoms with Crippen LogP contribution in [0.15, 0.2) is 60.7 Å². The predicted octanol–water partition coefficient (Wildman–Crippen LogP) is 3.86. The van der Waals surface area contributed by atoms with Gasteiger partial charge in [0.1, 0.15) is 24.0 Å². The van der Waals surface area contributed by atoms with Crippen LogP contribution in [-0.4, -0.2) is 95.6 Å². The van der Waals surface area contributed by atoms with E-state index >= 15 is 0 Å².